The molecule has 1 aromatic rings. The van der Waals surface area contributed by atoms with E-state index < -0.39 is 0 Å². The number of nitrogens with zero attached hydrogens (tertiary/aromatic N) is 4. The Morgan fingerprint density at radius 2 is 1.86 bits per heavy atom. The Bertz CT molecular complexity index is 467. The van der Waals surface area contributed by atoms with Gasteiger partial charge in [0.05, 0.1) is 7.11 Å². The Hall–Kier alpha value is -1.40. The van der Waals surface area contributed by atoms with Crippen LogP contribution in [0.25, 0.3) is 0 Å². The molecule has 0 unspecified atom stereocenters. The highest BCUT2D eigenvalue weighted by molar-refractivity contribution is 5.29. The summed E-state index contributed by atoms with van der Waals surface area (Å²) in [7, 11) is 3.85. The number of rotatable bonds is 4. The van der Waals surface area contributed by atoms with Crippen LogP contribution in [0.3, 0.4) is 0 Å². The molecule has 2 saturated heterocycles. The number of anilines is 1. The Kier molecular flexibility index (Phi) is 5.10. The first-order valence-electron chi connectivity index (χ1n) is 8.31. The second-order valence-electron chi connectivity index (χ2n) is 6.41. The number of aromatic nitrogens is 2. The number of ether oxygens (including phenoxy) is 1. The zero-order valence-electron chi connectivity index (χ0n) is 13.7. The van der Waals surface area contributed by atoms with Gasteiger partial charge >= 0.3 is 0 Å². The maximum Gasteiger partial charge on any atom is 0.226 e. The monoisotopic (exact) mass is 305 g/mol. The fraction of sp³-hybridized carbons (Fsp3) is 0.750. The predicted molar refractivity (Wildman–Crippen MR) is 87.3 cm³/mol. The van der Waals surface area contributed by atoms with Crippen LogP contribution in [0.1, 0.15) is 25.7 Å². The molecule has 0 aromatic carbocycles. The summed E-state index contributed by atoms with van der Waals surface area (Å²) in [6.07, 6.45) is 6.68. The van der Waals surface area contributed by atoms with Crippen LogP contribution in [0.5, 0.6) is 5.88 Å². The lowest BCUT2D eigenvalue weighted by atomic mass is 9.98. The molecule has 0 saturated carbocycles. The van der Waals surface area contributed by atoms with E-state index in [1.54, 1.807) is 19.4 Å². The van der Waals surface area contributed by atoms with Gasteiger partial charge in [0.15, 0.2) is 0 Å². The largest absolute Gasteiger partial charge is 0.481 e. The molecule has 1 aromatic heterocycles. The highest BCUT2D eigenvalue weighted by Crippen LogP contribution is 2.22. The lowest BCUT2D eigenvalue weighted by Crippen LogP contribution is -2.48. The van der Waals surface area contributed by atoms with Crippen molar-refractivity contribution in [2.45, 2.75) is 37.8 Å². The van der Waals surface area contributed by atoms with Gasteiger partial charge in [0.2, 0.25) is 11.8 Å². The molecule has 0 bridgehead atoms. The van der Waals surface area contributed by atoms with Crippen LogP contribution in [0.2, 0.25) is 0 Å². The summed E-state index contributed by atoms with van der Waals surface area (Å²) < 4.78 is 5.15. The first kappa shape index (κ1) is 15.5. The Labute approximate surface area is 132 Å². The second-order valence-corrected chi connectivity index (χ2v) is 6.41. The number of likely N-dealkylation sites (tertiary alicyclic amines) is 2. The lowest BCUT2D eigenvalue weighted by molar-refractivity contribution is 0.0993. The Morgan fingerprint density at radius 3 is 2.55 bits per heavy atom. The van der Waals surface area contributed by atoms with Crippen molar-refractivity contribution in [3.63, 3.8) is 0 Å². The fourth-order valence-corrected chi connectivity index (χ4v) is 3.48. The molecular formula is C16H27N5O. The molecule has 0 amide bonds. The minimum absolute atomic E-state index is 0.467. The normalized spacial score (nSPS) is 22.6. The first-order chi connectivity index (χ1) is 10.7. The molecule has 0 spiro atoms. The van der Waals surface area contributed by atoms with Crippen molar-refractivity contribution in [3.05, 3.63) is 12.3 Å². The zero-order valence-corrected chi connectivity index (χ0v) is 13.7. The van der Waals surface area contributed by atoms with Gasteiger partial charge in [-0.25, -0.2) is 4.98 Å². The third kappa shape index (κ3) is 3.87. The standard InChI is InChI=1S/C16H27N5O/c1-20-9-6-14(7-10-20)21-11-4-13(5-12-21)18-16-17-8-3-15(19-16)22-2/h3,8,13-14H,4-7,9-12H2,1-2H3,(H,17,18,19). The van der Waals surface area contributed by atoms with Gasteiger partial charge < -0.3 is 19.9 Å². The van der Waals surface area contributed by atoms with E-state index in [-0.39, 0.29) is 0 Å². The van der Waals surface area contributed by atoms with Gasteiger partial charge in [0.25, 0.3) is 0 Å². The Balaban J connectivity index is 1.47. The van der Waals surface area contributed by atoms with Crippen LogP contribution in [0, 0.1) is 0 Å². The van der Waals surface area contributed by atoms with Gasteiger partial charge in [-0.1, -0.05) is 0 Å². The van der Waals surface area contributed by atoms with Crippen LogP contribution < -0.4 is 10.1 Å². The molecule has 3 heterocycles. The van der Waals surface area contributed by atoms with Crippen LogP contribution in [0.15, 0.2) is 12.3 Å². The van der Waals surface area contributed by atoms with E-state index in [0.29, 0.717) is 17.9 Å². The molecule has 3 rings (SSSR count). The van der Waals surface area contributed by atoms with Gasteiger partial charge in [0, 0.05) is 37.4 Å². The predicted octanol–water partition coefficient (Wildman–Crippen LogP) is 1.46. The van der Waals surface area contributed by atoms with E-state index in [2.05, 4.69) is 32.1 Å². The van der Waals surface area contributed by atoms with E-state index in [1.165, 1.54) is 39.0 Å². The van der Waals surface area contributed by atoms with Gasteiger partial charge in [-0.05, 0) is 45.8 Å². The Morgan fingerprint density at radius 1 is 1.14 bits per heavy atom. The van der Waals surface area contributed by atoms with Crippen molar-refractivity contribution in [1.29, 1.82) is 0 Å². The number of hydrogen-bond acceptors (Lipinski definition) is 6. The molecule has 0 aliphatic carbocycles. The van der Waals surface area contributed by atoms with Gasteiger partial charge in [-0.15, -0.1) is 0 Å². The van der Waals surface area contributed by atoms with Crippen LogP contribution >= 0.6 is 0 Å². The maximum absolute atomic E-state index is 5.15. The van der Waals surface area contributed by atoms with Crippen LogP contribution in [-0.4, -0.2) is 72.2 Å². The molecule has 6 heteroatoms. The van der Waals surface area contributed by atoms with Crippen molar-refractivity contribution in [2.75, 3.05) is 45.7 Å². The molecule has 122 valence electrons. The van der Waals surface area contributed by atoms with Gasteiger partial charge in [-0.3, -0.25) is 0 Å². The summed E-state index contributed by atoms with van der Waals surface area (Å²) >= 11 is 0. The molecule has 2 aliphatic rings. The highest BCUT2D eigenvalue weighted by Gasteiger charge is 2.27. The molecule has 22 heavy (non-hydrogen) atoms. The number of nitrogens with one attached hydrogen (secondary N) is 1. The zero-order chi connectivity index (χ0) is 15.4. The van der Waals surface area contributed by atoms with Crippen molar-refractivity contribution in [2.24, 2.45) is 0 Å². The van der Waals surface area contributed by atoms with E-state index in [4.69, 9.17) is 4.74 Å². The SMILES string of the molecule is COc1ccnc(NC2CCN(C3CCN(C)CC3)CC2)n1. The summed E-state index contributed by atoms with van der Waals surface area (Å²) in [6, 6.07) is 3.02. The van der Waals surface area contributed by atoms with Crippen LogP contribution in [-0.2, 0) is 0 Å². The van der Waals surface area contributed by atoms with Crippen molar-refractivity contribution in [3.8, 4) is 5.88 Å². The minimum atomic E-state index is 0.467. The van der Waals surface area contributed by atoms with Crippen molar-refractivity contribution < 1.29 is 4.74 Å². The van der Waals surface area contributed by atoms with E-state index in [0.717, 1.165) is 18.9 Å². The van der Waals surface area contributed by atoms with Gasteiger partial charge in [0.1, 0.15) is 0 Å². The van der Waals surface area contributed by atoms with Gasteiger partial charge in [-0.2, -0.15) is 4.98 Å². The first-order valence-corrected chi connectivity index (χ1v) is 8.31. The maximum atomic E-state index is 5.15. The number of methoxy groups -OCH3 is 1. The molecule has 2 aliphatic heterocycles. The number of piperidine rings is 2. The summed E-state index contributed by atoms with van der Waals surface area (Å²) in [5.74, 6) is 1.29. The third-order valence-electron chi connectivity index (χ3n) is 4.91. The quantitative estimate of drug-likeness (QED) is 0.909. The fourth-order valence-electron chi connectivity index (χ4n) is 3.48. The number of hydrogen-bond donors (Lipinski definition) is 1. The minimum Gasteiger partial charge on any atom is -0.481 e. The van der Waals surface area contributed by atoms with Crippen molar-refractivity contribution >= 4 is 5.95 Å². The smallest absolute Gasteiger partial charge is 0.226 e. The molecule has 0 radical (unpaired) electrons. The van der Waals surface area contributed by atoms with Crippen LogP contribution in [0.4, 0.5) is 5.95 Å². The van der Waals surface area contributed by atoms with E-state index in [1.807, 2.05) is 0 Å². The summed E-state index contributed by atoms with van der Waals surface area (Å²) in [5, 5.41) is 3.45. The second kappa shape index (κ2) is 7.24. The lowest BCUT2D eigenvalue weighted by Gasteiger charge is -2.41. The highest BCUT2D eigenvalue weighted by atomic mass is 16.5. The molecule has 0 atom stereocenters. The average molecular weight is 305 g/mol. The summed E-state index contributed by atoms with van der Waals surface area (Å²) in [4.78, 5) is 13.7. The van der Waals surface area contributed by atoms with E-state index in [9.17, 15) is 0 Å². The topological polar surface area (TPSA) is 53.5 Å². The molecule has 6 nitrogen and oxygen atoms in total. The van der Waals surface area contributed by atoms with E-state index >= 15 is 0 Å². The van der Waals surface area contributed by atoms with Crippen molar-refractivity contribution in [1.82, 2.24) is 19.8 Å². The molecule has 1 N–H and O–H groups in total. The molecule has 2 fully saturated rings. The summed E-state index contributed by atoms with van der Waals surface area (Å²) in [6.45, 7) is 4.83. The average Bonchev–Trinajstić information content (AvgIpc) is 2.57. The third-order valence-corrected chi connectivity index (χ3v) is 4.91. The molecular weight excluding hydrogens is 278 g/mol. The summed E-state index contributed by atoms with van der Waals surface area (Å²) in [5.41, 5.74) is 0.